The van der Waals surface area contributed by atoms with Crippen LogP contribution in [0, 0.1) is 5.82 Å². The van der Waals surface area contributed by atoms with Crippen LogP contribution < -0.4 is 5.73 Å². The van der Waals surface area contributed by atoms with Gasteiger partial charge < -0.3 is 5.73 Å². The topological polar surface area (TPSA) is 26.0 Å². The average molecular weight is 269 g/mol. The van der Waals surface area contributed by atoms with Crippen LogP contribution in [0.5, 0.6) is 0 Å². The van der Waals surface area contributed by atoms with Gasteiger partial charge in [0.1, 0.15) is 5.82 Å². The summed E-state index contributed by atoms with van der Waals surface area (Å²) in [5.74, 6) is -0.502. The molecule has 2 aromatic rings. The smallest absolute Gasteiger partial charge is 0.326 e. The Labute approximate surface area is 107 Å². The highest BCUT2D eigenvalue weighted by atomic mass is 19.4. The van der Waals surface area contributed by atoms with Gasteiger partial charge >= 0.3 is 6.18 Å². The minimum absolute atomic E-state index is 0.0272. The van der Waals surface area contributed by atoms with Crippen LogP contribution in [-0.2, 0) is 12.7 Å². The van der Waals surface area contributed by atoms with Gasteiger partial charge in [0.05, 0.1) is 5.56 Å². The van der Waals surface area contributed by atoms with Gasteiger partial charge in [-0.2, -0.15) is 13.2 Å². The third kappa shape index (κ3) is 2.76. The first-order chi connectivity index (χ1) is 8.93. The maximum absolute atomic E-state index is 13.2. The highest BCUT2D eigenvalue weighted by molar-refractivity contribution is 5.69. The van der Waals surface area contributed by atoms with Gasteiger partial charge in [0.15, 0.2) is 0 Å². The Morgan fingerprint density at radius 2 is 1.68 bits per heavy atom. The molecule has 0 unspecified atom stereocenters. The Kier molecular flexibility index (Phi) is 3.57. The summed E-state index contributed by atoms with van der Waals surface area (Å²) in [7, 11) is 0. The molecule has 0 aliphatic rings. The molecule has 2 N–H and O–H groups in total. The molecule has 0 fully saturated rings. The number of nitrogens with two attached hydrogens (primary N) is 1. The monoisotopic (exact) mass is 269 g/mol. The lowest BCUT2D eigenvalue weighted by Crippen LogP contribution is -2.13. The largest absolute Gasteiger partial charge is 0.416 e. The van der Waals surface area contributed by atoms with Gasteiger partial charge in [0.2, 0.25) is 0 Å². The predicted molar refractivity (Wildman–Crippen MR) is 64.7 cm³/mol. The van der Waals surface area contributed by atoms with Crippen molar-refractivity contribution in [2.24, 2.45) is 5.73 Å². The van der Waals surface area contributed by atoms with Gasteiger partial charge in [-0.15, -0.1) is 0 Å². The van der Waals surface area contributed by atoms with Crippen LogP contribution >= 0.6 is 0 Å². The number of benzene rings is 2. The van der Waals surface area contributed by atoms with Crippen molar-refractivity contribution in [3.63, 3.8) is 0 Å². The van der Waals surface area contributed by atoms with E-state index in [1.54, 1.807) is 6.07 Å². The molecule has 0 spiro atoms. The normalized spacial score (nSPS) is 11.6. The zero-order valence-electron chi connectivity index (χ0n) is 9.84. The maximum atomic E-state index is 13.2. The van der Waals surface area contributed by atoms with Crippen LogP contribution in [0.2, 0.25) is 0 Å². The van der Waals surface area contributed by atoms with Crippen LogP contribution in [0.25, 0.3) is 11.1 Å². The van der Waals surface area contributed by atoms with E-state index in [9.17, 15) is 17.6 Å². The molecule has 0 heterocycles. The minimum atomic E-state index is -4.47. The van der Waals surface area contributed by atoms with E-state index in [1.807, 2.05) is 0 Å². The van der Waals surface area contributed by atoms with Crippen molar-refractivity contribution in [1.29, 1.82) is 0 Å². The van der Waals surface area contributed by atoms with Crippen molar-refractivity contribution < 1.29 is 17.6 Å². The average Bonchev–Trinajstić information content (AvgIpc) is 2.36. The van der Waals surface area contributed by atoms with E-state index in [0.717, 1.165) is 6.07 Å². The molecule has 0 saturated carbocycles. The molecule has 0 saturated heterocycles. The Morgan fingerprint density at radius 3 is 2.26 bits per heavy atom. The molecule has 5 heteroatoms. The van der Waals surface area contributed by atoms with Gasteiger partial charge in [-0.25, -0.2) is 4.39 Å². The summed E-state index contributed by atoms with van der Waals surface area (Å²) in [6.07, 6.45) is -4.47. The second-order valence-corrected chi connectivity index (χ2v) is 4.04. The molecule has 0 amide bonds. The molecule has 2 aromatic carbocycles. The Hall–Kier alpha value is -1.88. The first kappa shape index (κ1) is 13.5. The van der Waals surface area contributed by atoms with Gasteiger partial charge in [-0.3, -0.25) is 0 Å². The highest BCUT2D eigenvalue weighted by Gasteiger charge is 2.33. The molecule has 0 radical (unpaired) electrons. The summed E-state index contributed by atoms with van der Waals surface area (Å²) >= 11 is 0. The molecule has 0 atom stereocenters. The molecular weight excluding hydrogens is 258 g/mol. The zero-order valence-corrected chi connectivity index (χ0v) is 9.84. The highest BCUT2D eigenvalue weighted by Crippen LogP contribution is 2.36. The van der Waals surface area contributed by atoms with Crippen LogP contribution in [0.3, 0.4) is 0 Å². The fourth-order valence-electron chi connectivity index (χ4n) is 2.00. The Bertz CT molecular complexity index is 590. The third-order valence-corrected chi connectivity index (χ3v) is 2.82. The lowest BCUT2D eigenvalue weighted by atomic mass is 9.95. The molecule has 2 rings (SSSR count). The van der Waals surface area contributed by atoms with E-state index in [0.29, 0.717) is 11.1 Å². The van der Waals surface area contributed by atoms with E-state index in [1.165, 1.54) is 30.3 Å². The lowest BCUT2D eigenvalue weighted by molar-refractivity contribution is -0.138. The molecule has 19 heavy (non-hydrogen) atoms. The standard InChI is InChI=1S/C14H11F4N/c15-10-4-1-3-9(7-10)11-5-2-6-13(12(11)8-19)14(16,17)18/h1-7H,8,19H2. The van der Waals surface area contributed by atoms with E-state index < -0.39 is 17.6 Å². The number of rotatable bonds is 2. The molecule has 1 nitrogen and oxygen atoms in total. The fourth-order valence-corrected chi connectivity index (χ4v) is 2.00. The van der Waals surface area contributed by atoms with Gasteiger partial charge in [-0.1, -0.05) is 24.3 Å². The van der Waals surface area contributed by atoms with Gasteiger partial charge in [0.25, 0.3) is 0 Å². The number of hydrogen-bond donors (Lipinski definition) is 1. The summed E-state index contributed by atoms with van der Waals surface area (Å²) in [4.78, 5) is 0. The summed E-state index contributed by atoms with van der Waals surface area (Å²) in [5, 5.41) is 0. The van der Waals surface area contributed by atoms with Gasteiger partial charge in [0, 0.05) is 6.54 Å². The van der Waals surface area contributed by atoms with Crippen molar-refractivity contribution in [3.05, 3.63) is 59.4 Å². The molecule has 0 aliphatic heterocycles. The fraction of sp³-hybridized carbons (Fsp3) is 0.143. The van der Waals surface area contributed by atoms with Crippen LogP contribution in [-0.4, -0.2) is 0 Å². The Morgan fingerprint density at radius 1 is 1.00 bits per heavy atom. The van der Waals surface area contributed by atoms with Crippen LogP contribution in [0.15, 0.2) is 42.5 Å². The number of hydrogen-bond acceptors (Lipinski definition) is 1. The number of alkyl halides is 3. The van der Waals surface area contributed by atoms with Crippen molar-refractivity contribution in [2.45, 2.75) is 12.7 Å². The molecule has 0 aliphatic carbocycles. The predicted octanol–water partition coefficient (Wildman–Crippen LogP) is 3.97. The third-order valence-electron chi connectivity index (χ3n) is 2.82. The van der Waals surface area contributed by atoms with Crippen molar-refractivity contribution in [1.82, 2.24) is 0 Å². The lowest BCUT2D eigenvalue weighted by Gasteiger charge is -2.15. The van der Waals surface area contributed by atoms with Crippen LogP contribution in [0.4, 0.5) is 17.6 Å². The van der Waals surface area contributed by atoms with Crippen molar-refractivity contribution >= 4 is 0 Å². The first-order valence-electron chi connectivity index (χ1n) is 5.58. The van der Waals surface area contributed by atoms with Gasteiger partial charge in [-0.05, 0) is 34.9 Å². The minimum Gasteiger partial charge on any atom is -0.326 e. The summed E-state index contributed by atoms with van der Waals surface area (Å²) in [5.41, 5.74) is 5.31. The Balaban J connectivity index is 2.65. The molecular formula is C14H11F4N. The van der Waals surface area contributed by atoms with Crippen LogP contribution in [0.1, 0.15) is 11.1 Å². The van der Waals surface area contributed by atoms with E-state index >= 15 is 0 Å². The summed E-state index contributed by atoms with van der Waals surface area (Å²) < 4.78 is 51.8. The summed E-state index contributed by atoms with van der Waals surface area (Å²) in [6, 6.07) is 9.20. The van der Waals surface area contributed by atoms with E-state index in [-0.39, 0.29) is 12.1 Å². The molecule has 0 bridgehead atoms. The SMILES string of the molecule is NCc1c(-c2cccc(F)c2)cccc1C(F)(F)F. The molecule has 0 aromatic heterocycles. The molecule has 100 valence electrons. The zero-order chi connectivity index (χ0) is 14.0. The quantitative estimate of drug-likeness (QED) is 0.820. The van der Waals surface area contributed by atoms with E-state index in [2.05, 4.69) is 0 Å². The van der Waals surface area contributed by atoms with Crippen molar-refractivity contribution in [3.8, 4) is 11.1 Å². The second-order valence-electron chi connectivity index (χ2n) is 4.04. The first-order valence-corrected chi connectivity index (χ1v) is 5.58. The number of halogens is 4. The van der Waals surface area contributed by atoms with E-state index in [4.69, 9.17) is 5.73 Å². The maximum Gasteiger partial charge on any atom is 0.416 e. The summed E-state index contributed by atoms with van der Waals surface area (Å²) in [6.45, 7) is -0.262. The van der Waals surface area contributed by atoms with Crippen molar-refractivity contribution in [2.75, 3.05) is 0 Å². The second kappa shape index (κ2) is 5.01.